The van der Waals surface area contributed by atoms with Crippen molar-refractivity contribution in [2.24, 2.45) is 0 Å². The summed E-state index contributed by atoms with van der Waals surface area (Å²) in [7, 11) is 0. The predicted molar refractivity (Wildman–Crippen MR) is 103 cm³/mol. The van der Waals surface area contributed by atoms with E-state index in [1.54, 1.807) is 12.1 Å². The van der Waals surface area contributed by atoms with Crippen molar-refractivity contribution in [3.8, 4) is 0 Å². The number of para-hydroxylation sites is 1. The maximum absolute atomic E-state index is 13.0. The Bertz CT molecular complexity index is 1100. The molecule has 3 aromatic rings. The number of aromatic nitrogens is 1. The first kappa shape index (κ1) is 19.2. The largest absolute Gasteiger partial charge is 0.416 e. The van der Waals surface area contributed by atoms with Gasteiger partial charge in [0.15, 0.2) is 0 Å². The highest BCUT2D eigenvalue weighted by molar-refractivity contribution is 6.48. The van der Waals surface area contributed by atoms with Crippen LogP contribution in [0.15, 0.2) is 48.5 Å². The normalized spacial score (nSPS) is 14.3. The molecule has 0 saturated heterocycles. The number of nitrogens with zero attached hydrogens (tertiary/aromatic N) is 1. The number of amides is 1. The van der Waals surface area contributed by atoms with Gasteiger partial charge < -0.3 is 15.2 Å². The van der Waals surface area contributed by atoms with Crippen molar-refractivity contribution in [2.75, 3.05) is 18.4 Å². The number of benzene rings is 2. The van der Waals surface area contributed by atoms with E-state index in [4.69, 9.17) is 0 Å². The van der Waals surface area contributed by atoms with Crippen LogP contribution in [0.25, 0.3) is 10.9 Å². The fourth-order valence-electron chi connectivity index (χ4n) is 3.72. The average molecular weight is 401 g/mol. The highest BCUT2D eigenvalue weighted by atomic mass is 19.4. The number of rotatable bonds is 3. The van der Waals surface area contributed by atoms with Crippen molar-refractivity contribution in [1.82, 2.24) is 9.88 Å². The smallest absolute Gasteiger partial charge is 0.343 e. The zero-order valence-electron chi connectivity index (χ0n) is 15.3. The molecule has 2 N–H and O–H groups in total. The minimum Gasteiger partial charge on any atom is -0.343 e. The van der Waals surface area contributed by atoms with Crippen LogP contribution < -0.4 is 10.6 Å². The molecule has 0 spiro atoms. The molecular weight excluding hydrogens is 383 g/mol. The molecule has 0 radical (unpaired) electrons. The first-order valence-corrected chi connectivity index (χ1v) is 9.20. The molecule has 8 heteroatoms. The van der Waals surface area contributed by atoms with Crippen molar-refractivity contribution in [3.05, 3.63) is 65.4 Å². The molecule has 4 rings (SSSR count). The maximum atomic E-state index is 13.0. The molecule has 0 saturated carbocycles. The van der Waals surface area contributed by atoms with Gasteiger partial charge in [0.25, 0.3) is 11.7 Å². The Hall–Kier alpha value is -3.13. The lowest BCUT2D eigenvalue weighted by Crippen LogP contribution is -2.24. The molecule has 150 valence electrons. The molecule has 5 nitrogen and oxygen atoms in total. The minimum atomic E-state index is -4.53. The van der Waals surface area contributed by atoms with Gasteiger partial charge in [-0.05, 0) is 24.3 Å². The van der Waals surface area contributed by atoms with E-state index in [2.05, 4.69) is 10.6 Å². The van der Waals surface area contributed by atoms with Crippen molar-refractivity contribution < 1.29 is 22.8 Å². The maximum Gasteiger partial charge on any atom is 0.416 e. The summed E-state index contributed by atoms with van der Waals surface area (Å²) >= 11 is 0. The van der Waals surface area contributed by atoms with Crippen LogP contribution >= 0.6 is 0 Å². The van der Waals surface area contributed by atoms with Crippen LogP contribution in [0.5, 0.6) is 0 Å². The Morgan fingerprint density at radius 1 is 1.03 bits per heavy atom. The second-order valence-corrected chi connectivity index (χ2v) is 6.85. The van der Waals surface area contributed by atoms with E-state index >= 15 is 0 Å². The summed E-state index contributed by atoms with van der Waals surface area (Å²) in [6, 6.07) is 11.6. The first-order chi connectivity index (χ1) is 13.9. The molecule has 1 amide bonds. The number of hydrogen-bond donors (Lipinski definition) is 2. The van der Waals surface area contributed by atoms with Crippen molar-refractivity contribution >= 4 is 28.3 Å². The number of ketones is 1. The van der Waals surface area contributed by atoms with Crippen LogP contribution in [-0.2, 0) is 23.9 Å². The van der Waals surface area contributed by atoms with Gasteiger partial charge >= 0.3 is 6.18 Å². The Balaban J connectivity index is 1.69. The summed E-state index contributed by atoms with van der Waals surface area (Å²) in [5.41, 5.74) is 0.974. The predicted octanol–water partition coefficient (Wildman–Crippen LogP) is 3.63. The summed E-state index contributed by atoms with van der Waals surface area (Å²) in [5.74, 6) is -1.71. The summed E-state index contributed by atoms with van der Waals surface area (Å²) in [6.45, 7) is 2.08. The number of alkyl halides is 3. The second-order valence-electron chi connectivity index (χ2n) is 6.85. The Kier molecular flexibility index (Phi) is 4.87. The Labute approximate surface area is 164 Å². The van der Waals surface area contributed by atoms with Crippen molar-refractivity contribution in [3.63, 3.8) is 0 Å². The Morgan fingerprint density at radius 3 is 2.62 bits per heavy atom. The fourth-order valence-corrected chi connectivity index (χ4v) is 3.72. The number of nitrogens with one attached hydrogen (secondary N) is 2. The van der Waals surface area contributed by atoms with Gasteiger partial charge in [-0.3, -0.25) is 9.59 Å². The minimum absolute atomic E-state index is 0.0746. The number of carbonyl (C=O) groups is 2. The van der Waals surface area contributed by atoms with Crippen molar-refractivity contribution in [1.29, 1.82) is 0 Å². The average Bonchev–Trinajstić information content (AvgIpc) is 2.83. The molecule has 0 atom stereocenters. The van der Waals surface area contributed by atoms with Gasteiger partial charge in [-0.25, -0.2) is 0 Å². The molecule has 1 aliphatic rings. The molecule has 2 heterocycles. The highest BCUT2D eigenvalue weighted by Crippen LogP contribution is 2.31. The Morgan fingerprint density at radius 2 is 1.83 bits per heavy atom. The van der Waals surface area contributed by atoms with Crippen LogP contribution in [-0.4, -0.2) is 29.3 Å². The molecule has 29 heavy (non-hydrogen) atoms. The van der Waals surface area contributed by atoms with E-state index in [1.165, 1.54) is 12.1 Å². The van der Waals surface area contributed by atoms with Gasteiger partial charge in [0.2, 0.25) is 0 Å². The summed E-state index contributed by atoms with van der Waals surface area (Å²) in [5, 5.41) is 6.25. The molecule has 0 fully saturated rings. The zero-order chi connectivity index (χ0) is 20.6. The standard InChI is InChI=1S/C21H18F3N3O2/c22-21(23,24)13-4-3-5-14(12-13)26-20(29)19(28)18-15-6-1-2-7-16(15)27-11-10-25-9-8-17(18)27/h1-7,12,25H,8-11H2,(H,26,29). The van der Waals surface area contributed by atoms with Gasteiger partial charge in [0.05, 0.1) is 11.1 Å². The van der Waals surface area contributed by atoms with Crippen molar-refractivity contribution in [2.45, 2.75) is 19.1 Å². The van der Waals surface area contributed by atoms with Crippen LogP contribution in [0, 0.1) is 0 Å². The molecule has 0 bridgehead atoms. The lowest BCUT2D eigenvalue weighted by Gasteiger charge is -2.10. The first-order valence-electron chi connectivity index (χ1n) is 9.20. The second kappa shape index (κ2) is 7.36. The van der Waals surface area contributed by atoms with Gasteiger partial charge in [-0.1, -0.05) is 24.3 Å². The SMILES string of the molecule is O=C(Nc1cccc(C(F)(F)F)c1)C(=O)c1c2n(c3ccccc13)CCNCC2. The molecule has 1 aliphatic heterocycles. The van der Waals surface area contributed by atoms with Gasteiger partial charge in [0, 0.05) is 48.3 Å². The highest BCUT2D eigenvalue weighted by Gasteiger charge is 2.31. The van der Waals surface area contributed by atoms with Gasteiger partial charge in [0.1, 0.15) is 0 Å². The zero-order valence-corrected chi connectivity index (χ0v) is 15.3. The third-order valence-electron chi connectivity index (χ3n) is 5.01. The number of fused-ring (bicyclic) bond motifs is 3. The van der Waals surface area contributed by atoms with Gasteiger partial charge in [-0.2, -0.15) is 13.2 Å². The number of anilines is 1. The summed E-state index contributed by atoms with van der Waals surface area (Å²) in [6.07, 6.45) is -3.96. The molecule has 1 aromatic heterocycles. The van der Waals surface area contributed by atoms with E-state index in [9.17, 15) is 22.8 Å². The van der Waals surface area contributed by atoms with E-state index in [-0.39, 0.29) is 5.69 Å². The van der Waals surface area contributed by atoms with E-state index in [0.717, 1.165) is 29.9 Å². The lowest BCUT2D eigenvalue weighted by molar-refractivity contribution is -0.137. The van der Waals surface area contributed by atoms with Crippen LogP contribution in [0.3, 0.4) is 0 Å². The number of hydrogen-bond acceptors (Lipinski definition) is 3. The fraction of sp³-hybridized carbons (Fsp3) is 0.238. The van der Waals surface area contributed by atoms with E-state index < -0.39 is 23.4 Å². The topological polar surface area (TPSA) is 63.1 Å². The van der Waals surface area contributed by atoms with E-state index in [1.807, 2.05) is 16.7 Å². The van der Waals surface area contributed by atoms with Gasteiger partial charge in [-0.15, -0.1) is 0 Å². The molecular formula is C21H18F3N3O2. The van der Waals surface area contributed by atoms with Crippen LogP contribution in [0.1, 0.15) is 21.6 Å². The lowest BCUT2D eigenvalue weighted by atomic mass is 10.0. The van der Waals surface area contributed by atoms with Crippen LogP contribution in [0.4, 0.5) is 18.9 Å². The molecule has 0 unspecified atom stereocenters. The third kappa shape index (κ3) is 3.63. The van der Waals surface area contributed by atoms with Crippen LogP contribution in [0.2, 0.25) is 0 Å². The van der Waals surface area contributed by atoms with E-state index in [0.29, 0.717) is 30.5 Å². The molecule has 0 aliphatic carbocycles. The summed E-state index contributed by atoms with van der Waals surface area (Å²) in [4.78, 5) is 25.6. The number of carbonyl (C=O) groups excluding carboxylic acids is 2. The quantitative estimate of drug-likeness (QED) is 0.521. The monoisotopic (exact) mass is 401 g/mol. The third-order valence-corrected chi connectivity index (χ3v) is 5.01. The molecule has 2 aromatic carbocycles. The number of Topliss-reactive ketones (excluding diaryl/α,β-unsaturated/α-hetero) is 1. The number of halogens is 3. The summed E-state index contributed by atoms with van der Waals surface area (Å²) < 4.78 is 40.7.